The van der Waals surface area contributed by atoms with Crippen molar-refractivity contribution in [1.29, 1.82) is 0 Å². The zero-order valence-electron chi connectivity index (χ0n) is 13.5. The van der Waals surface area contributed by atoms with Crippen molar-refractivity contribution in [2.45, 2.75) is 18.4 Å². The summed E-state index contributed by atoms with van der Waals surface area (Å²) in [6.07, 6.45) is 0. The van der Waals surface area contributed by atoms with Crippen LogP contribution in [0.3, 0.4) is 0 Å². The maximum atomic E-state index is 12.2. The molecule has 0 spiro atoms. The van der Waals surface area contributed by atoms with Crippen LogP contribution in [0, 0.1) is 0 Å². The number of ether oxygens (including phenoxy) is 2. The van der Waals surface area contributed by atoms with E-state index >= 15 is 0 Å². The topological polar surface area (TPSA) is 69.7 Å². The molecule has 2 aromatic carbocycles. The number of esters is 2. The van der Waals surface area contributed by atoms with E-state index in [-0.39, 0.29) is 6.61 Å². The zero-order valence-corrected chi connectivity index (χ0v) is 14.3. The first-order chi connectivity index (χ1) is 11.6. The predicted octanol–water partition coefficient (Wildman–Crippen LogP) is 2.96. The molecule has 0 amide bonds. The summed E-state index contributed by atoms with van der Waals surface area (Å²) in [7, 11) is 0.0829. The van der Waals surface area contributed by atoms with Crippen molar-refractivity contribution in [2.75, 3.05) is 12.9 Å². The molecule has 0 aromatic heterocycles. The Hall–Kier alpha value is -2.47. The third-order valence-electron chi connectivity index (χ3n) is 3.36. The van der Waals surface area contributed by atoms with Gasteiger partial charge in [0.05, 0.1) is 33.9 Å². The van der Waals surface area contributed by atoms with E-state index in [9.17, 15) is 13.8 Å². The summed E-state index contributed by atoms with van der Waals surface area (Å²) < 4.78 is 21.9. The van der Waals surface area contributed by atoms with E-state index in [1.54, 1.807) is 55.5 Å². The van der Waals surface area contributed by atoms with Gasteiger partial charge in [-0.05, 0) is 29.8 Å². The highest BCUT2D eigenvalue weighted by molar-refractivity contribution is 7.85. The third kappa shape index (κ3) is 4.29. The largest absolute Gasteiger partial charge is 0.465 e. The molecule has 24 heavy (non-hydrogen) atoms. The maximum absolute atomic E-state index is 12.2. The average molecular weight is 346 g/mol. The summed E-state index contributed by atoms with van der Waals surface area (Å²) in [5, 5.41) is 0. The molecule has 6 heteroatoms. The SMILES string of the molecule is CC[S@@](=O)c1ccccc1C(=O)OCc1ccc(C(=O)OC)cc1. The molecular formula is C18H18O5S. The van der Waals surface area contributed by atoms with Crippen molar-refractivity contribution in [3.8, 4) is 0 Å². The van der Waals surface area contributed by atoms with E-state index in [4.69, 9.17) is 4.74 Å². The summed E-state index contributed by atoms with van der Waals surface area (Å²) in [6, 6.07) is 13.3. The van der Waals surface area contributed by atoms with Crippen molar-refractivity contribution < 1.29 is 23.3 Å². The number of hydrogen-bond donors (Lipinski definition) is 0. The lowest BCUT2D eigenvalue weighted by Crippen LogP contribution is -2.10. The first kappa shape index (κ1) is 17.9. The Morgan fingerprint density at radius 2 is 1.67 bits per heavy atom. The minimum absolute atomic E-state index is 0.0629. The first-order valence-corrected chi connectivity index (χ1v) is 8.70. The molecule has 126 valence electrons. The molecule has 2 rings (SSSR count). The van der Waals surface area contributed by atoms with Crippen LogP contribution in [0.4, 0.5) is 0 Å². The van der Waals surface area contributed by atoms with Gasteiger partial charge in [0, 0.05) is 5.75 Å². The lowest BCUT2D eigenvalue weighted by atomic mass is 10.1. The fraction of sp³-hybridized carbons (Fsp3) is 0.222. The minimum Gasteiger partial charge on any atom is -0.465 e. The van der Waals surface area contributed by atoms with E-state index in [0.717, 1.165) is 5.56 Å². The van der Waals surface area contributed by atoms with Crippen molar-refractivity contribution in [2.24, 2.45) is 0 Å². The molecule has 0 fully saturated rings. The first-order valence-electron chi connectivity index (χ1n) is 7.38. The highest BCUT2D eigenvalue weighted by Gasteiger charge is 2.16. The molecule has 2 aromatic rings. The van der Waals surface area contributed by atoms with Gasteiger partial charge in [0.25, 0.3) is 0 Å². The Kier molecular flexibility index (Phi) is 6.26. The molecule has 1 atom stereocenters. The highest BCUT2D eigenvalue weighted by atomic mass is 32.2. The van der Waals surface area contributed by atoms with Crippen molar-refractivity contribution in [3.63, 3.8) is 0 Å². The van der Waals surface area contributed by atoms with Crippen LogP contribution in [-0.2, 0) is 26.9 Å². The molecule has 0 saturated heterocycles. The number of hydrogen-bond acceptors (Lipinski definition) is 5. The monoisotopic (exact) mass is 346 g/mol. The van der Waals surface area contributed by atoms with Crippen molar-refractivity contribution >= 4 is 22.7 Å². The molecule has 0 N–H and O–H groups in total. The Bertz CT molecular complexity index is 752. The van der Waals surface area contributed by atoms with Gasteiger partial charge in [-0.25, -0.2) is 9.59 Å². The van der Waals surface area contributed by atoms with Gasteiger partial charge in [0.15, 0.2) is 0 Å². The number of rotatable bonds is 6. The summed E-state index contributed by atoms with van der Waals surface area (Å²) in [5.41, 5.74) is 1.48. The standard InChI is InChI=1S/C18H18O5S/c1-3-24(21)16-7-5-4-6-15(16)18(20)23-12-13-8-10-14(11-9-13)17(19)22-2/h4-11H,3,12H2,1-2H3/t24-/m1/s1. The van der Waals surface area contributed by atoms with Crippen molar-refractivity contribution in [3.05, 3.63) is 65.2 Å². The van der Waals surface area contributed by atoms with Crippen LogP contribution in [0.25, 0.3) is 0 Å². The summed E-state index contributed by atoms with van der Waals surface area (Å²) in [5.74, 6) is -0.516. The van der Waals surface area contributed by atoms with Crippen molar-refractivity contribution in [1.82, 2.24) is 0 Å². The van der Waals surface area contributed by atoms with Gasteiger partial charge >= 0.3 is 11.9 Å². The molecule has 0 aliphatic carbocycles. The van der Waals surface area contributed by atoms with Gasteiger partial charge in [0.1, 0.15) is 6.61 Å². The molecule has 0 heterocycles. The summed E-state index contributed by atoms with van der Waals surface area (Å²) in [6.45, 7) is 1.86. The molecule has 0 saturated carbocycles. The second kappa shape index (κ2) is 8.40. The van der Waals surface area contributed by atoms with Crippen LogP contribution in [0.1, 0.15) is 33.2 Å². The van der Waals surface area contributed by atoms with Crippen LogP contribution >= 0.6 is 0 Å². The normalized spacial score (nSPS) is 11.6. The molecule has 0 aliphatic heterocycles. The zero-order chi connectivity index (χ0) is 17.5. The van der Waals surface area contributed by atoms with E-state index < -0.39 is 22.7 Å². The number of benzene rings is 2. The second-order valence-corrected chi connectivity index (χ2v) is 6.60. The molecular weight excluding hydrogens is 328 g/mol. The highest BCUT2D eigenvalue weighted by Crippen LogP contribution is 2.16. The number of methoxy groups -OCH3 is 1. The van der Waals surface area contributed by atoms with Gasteiger partial charge in [-0.1, -0.05) is 31.2 Å². The predicted molar refractivity (Wildman–Crippen MR) is 90.3 cm³/mol. The van der Waals surface area contributed by atoms with Crippen LogP contribution in [0.5, 0.6) is 0 Å². The Labute approximate surface area is 143 Å². The lowest BCUT2D eigenvalue weighted by molar-refractivity contribution is 0.0467. The number of carbonyl (C=O) groups excluding carboxylic acids is 2. The average Bonchev–Trinajstić information content (AvgIpc) is 2.65. The molecule has 0 aliphatic rings. The van der Waals surface area contributed by atoms with Gasteiger partial charge in [-0.3, -0.25) is 4.21 Å². The van der Waals surface area contributed by atoms with E-state index in [1.807, 2.05) is 0 Å². The Morgan fingerprint density at radius 3 is 2.29 bits per heavy atom. The van der Waals surface area contributed by atoms with Gasteiger partial charge in [-0.2, -0.15) is 0 Å². The van der Waals surface area contributed by atoms with Gasteiger partial charge in [0.2, 0.25) is 0 Å². The van der Waals surface area contributed by atoms with E-state index in [0.29, 0.717) is 21.8 Å². The second-order valence-electron chi connectivity index (χ2n) is 4.89. The van der Waals surface area contributed by atoms with Gasteiger partial charge < -0.3 is 9.47 Å². The third-order valence-corrected chi connectivity index (χ3v) is 4.73. The van der Waals surface area contributed by atoms with Gasteiger partial charge in [-0.15, -0.1) is 0 Å². The molecule has 0 unspecified atom stereocenters. The minimum atomic E-state index is -1.23. The van der Waals surface area contributed by atoms with E-state index in [2.05, 4.69) is 4.74 Å². The number of carbonyl (C=O) groups is 2. The lowest BCUT2D eigenvalue weighted by Gasteiger charge is -2.09. The van der Waals surface area contributed by atoms with Crippen LogP contribution in [0.15, 0.2) is 53.4 Å². The smallest absolute Gasteiger partial charge is 0.339 e. The molecule has 0 radical (unpaired) electrons. The van der Waals surface area contributed by atoms with Crippen LogP contribution in [-0.4, -0.2) is 29.0 Å². The molecule has 0 bridgehead atoms. The van der Waals surface area contributed by atoms with E-state index in [1.165, 1.54) is 7.11 Å². The Balaban J connectivity index is 2.06. The fourth-order valence-electron chi connectivity index (χ4n) is 2.07. The van der Waals surface area contributed by atoms with Crippen LogP contribution < -0.4 is 0 Å². The fourth-order valence-corrected chi connectivity index (χ4v) is 3.01. The maximum Gasteiger partial charge on any atom is 0.339 e. The Morgan fingerprint density at radius 1 is 1.00 bits per heavy atom. The molecule has 5 nitrogen and oxygen atoms in total. The summed E-state index contributed by atoms with van der Waals surface area (Å²) in [4.78, 5) is 24.1. The summed E-state index contributed by atoms with van der Waals surface area (Å²) >= 11 is 0. The van der Waals surface area contributed by atoms with Crippen LogP contribution in [0.2, 0.25) is 0 Å². The quantitative estimate of drug-likeness (QED) is 0.752.